The van der Waals surface area contributed by atoms with Crippen molar-refractivity contribution in [3.05, 3.63) is 65.9 Å². The van der Waals surface area contributed by atoms with Crippen LogP contribution in [-0.2, 0) is 6.61 Å². The van der Waals surface area contributed by atoms with Gasteiger partial charge in [0.2, 0.25) is 11.9 Å². The van der Waals surface area contributed by atoms with Crippen LogP contribution in [0, 0.1) is 0 Å². The van der Waals surface area contributed by atoms with Gasteiger partial charge in [0, 0.05) is 13.2 Å². The second kappa shape index (κ2) is 8.93. The van der Waals surface area contributed by atoms with E-state index in [0.717, 1.165) is 22.6 Å². The summed E-state index contributed by atoms with van der Waals surface area (Å²) in [6.07, 6.45) is 1.62. The van der Waals surface area contributed by atoms with Crippen LogP contribution in [0.15, 0.2) is 54.7 Å². The average molecular weight is 432 g/mol. The highest BCUT2D eigenvalue weighted by atomic mass is 16.5. The summed E-state index contributed by atoms with van der Waals surface area (Å²) in [5.41, 5.74) is 14.2. The number of hydrogen-bond acceptors (Lipinski definition) is 9. The molecule has 0 aliphatic heterocycles. The lowest BCUT2D eigenvalue weighted by atomic mass is 10.1. The van der Waals surface area contributed by atoms with Gasteiger partial charge in [-0.3, -0.25) is 0 Å². The number of methoxy groups -OCH3 is 1. The molecule has 4 N–H and O–H groups in total. The fourth-order valence-corrected chi connectivity index (χ4v) is 3.24. The van der Waals surface area contributed by atoms with Crippen molar-refractivity contribution in [1.82, 2.24) is 19.9 Å². The third-order valence-electron chi connectivity index (χ3n) is 5.31. The van der Waals surface area contributed by atoms with E-state index < -0.39 is 0 Å². The molecule has 0 amide bonds. The highest BCUT2D eigenvalue weighted by Crippen LogP contribution is 2.26. The molecule has 9 heteroatoms. The molecule has 0 spiro atoms. The number of rotatable bonds is 7. The van der Waals surface area contributed by atoms with E-state index in [1.165, 1.54) is 0 Å². The number of fused-ring (bicyclic) bond motifs is 1. The van der Waals surface area contributed by atoms with Crippen LogP contribution in [0.2, 0.25) is 0 Å². The standard InChI is InChI=1S/C23H25N7O2/c1-14(30(2)23-26-12-19-20(24)27-22(25)28-21(19)29-23)16-6-10-18(11-7-16)32-13-15-4-8-17(31-3)9-5-15/h4-12,14H,13H2,1-3H3,(H4,24,25,26,27,28,29). The summed E-state index contributed by atoms with van der Waals surface area (Å²) in [6.45, 7) is 2.56. The predicted octanol–water partition coefficient (Wildman–Crippen LogP) is 3.37. The van der Waals surface area contributed by atoms with Crippen molar-refractivity contribution >= 4 is 28.7 Å². The molecule has 4 aromatic rings. The molecule has 0 saturated heterocycles. The maximum atomic E-state index is 5.90. The van der Waals surface area contributed by atoms with E-state index in [0.29, 0.717) is 23.6 Å². The fourth-order valence-electron chi connectivity index (χ4n) is 3.24. The summed E-state index contributed by atoms with van der Waals surface area (Å²) in [4.78, 5) is 19.0. The van der Waals surface area contributed by atoms with E-state index in [4.69, 9.17) is 20.9 Å². The quantitative estimate of drug-likeness (QED) is 0.453. The SMILES string of the molecule is COc1ccc(COc2ccc(C(C)N(C)c3ncc4c(N)nc(N)nc4n3)cc2)cc1. The zero-order chi connectivity index (χ0) is 22.7. The first kappa shape index (κ1) is 21.1. The first-order chi connectivity index (χ1) is 15.4. The normalized spacial score (nSPS) is 11.8. The van der Waals surface area contributed by atoms with Gasteiger partial charge in [-0.05, 0) is 42.3 Å². The minimum Gasteiger partial charge on any atom is -0.497 e. The highest BCUT2D eigenvalue weighted by molar-refractivity contribution is 5.85. The molecule has 2 aromatic heterocycles. The molecule has 164 valence electrons. The van der Waals surface area contributed by atoms with Gasteiger partial charge in [-0.25, -0.2) is 4.98 Å². The summed E-state index contributed by atoms with van der Waals surface area (Å²) < 4.78 is 11.1. The van der Waals surface area contributed by atoms with Gasteiger partial charge >= 0.3 is 0 Å². The minimum absolute atomic E-state index is 0.0135. The molecule has 0 aliphatic carbocycles. The lowest BCUT2D eigenvalue weighted by Gasteiger charge is -2.25. The summed E-state index contributed by atoms with van der Waals surface area (Å²) in [6, 6.07) is 15.8. The third-order valence-corrected chi connectivity index (χ3v) is 5.31. The van der Waals surface area contributed by atoms with E-state index >= 15 is 0 Å². The van der Waals surface area contributed by atoms with Crippen molar-refractivity contribution in [2.24, 2.45) is 0 Å². The summed E-state index contributed by atoms with van der Waals surface area (Å²) in [5.74, 6) is 2.48. The number of nitrogens with two attached hydrogens (primary N) is 2. The number of hydrogen-bond donors (Lipinski definition) is 2. The van der Waals surface area contributed by atoms with Crippen LogP contribution < -0.4 is 25.8 Å². The molecule has 0 fully saturated rings. The van der Waals surface area contributed by atoms with Crippen LogP contribution in [0.3, 0.4) is 0 Å². The van der Waals surface area contributed by atoms with E-state index in [2.05, 4.69) is 26.9 Å². The largest absolute Gasteiger partial charge is 0.497 e. The van der Waals surface area contributed by atoms with Gasteiger partial charge in [0.25, 0.3) is 0 Å². The molecular weight excluding hydrogens is 406 g/mol. The second-order valence-corrected chi connectivity index (χ2v) is 7.37. The molecule has 4 rings (SSSR count). The highest BCUT2D eigenvalue weighted by Gasteiger charge is 2.16. The van der Waals surface area contributed by atoms with Crippen molar-refractivity contribution < 1.29 is 9.47 Å². The average Bonchev–Trinajstić information content (AvgIpc) is 2.82. The monoisotopic (exact) mass is 431 g/mol. The Bertz CT molecular complexity index is 1210. The Kier molecular flexibility index (Phi) is 5.89. The van der Waals surface area contributed by atoms with Crippen LogP contribution >= 0.6 is 0 Å². The summed E-state index contributed by atoms with van der Waals surface area (Å²) in [7, 11) is 3.57. The van der Waals surface area contributed by atoms with Gasteiger partial charge in [0.1, 0.15) is 23.9 Å². The van der Waals surface area contributed by atoms with Crippen LogP contribution in [0.4, 0.5) is 17.7 Å². The lowest BCUT2D eigenvalue weighted by molar-refractivity contribution is 0.306. The summed E-state index contributed by atoms with van der Waals surface area (Å²) in [5, 5.41) is 0.572. The molecule has 32 heavy (non-hydrogen) atoms. The number of nitrogen functional groups attached to an aromatic ring is 2. The molecule has 1 unspecified atom stereocenters. The van der Waals surface area contributed by atoms with Gasteiger partial charge in [-0.1, -0.05) is 24.3 Å². The molecule has 0 aliphatic rings. The van der Waals surface area contributed by atoms with Crippen molar-refractivity contribution in [1.29, 1.82) is 0 Å². The van der Waals surface area contributed by atoms with Crippen molar-refractivity contribution in [3.8, 4) is 11.5 Å². The Morgan fingerprint density at radius 3 is 2.31 bits per heavy atom. The Balaban J connectivity index is 1.44. The first-order valence-corrected chi connectivity index (χ1v) is 10.1. The molecular formula is C23H25N7O2. The van der Waals surface area contributed by atoms with Gasteiger partial charge in [-0.2, -0.15) is 15.0 Å². The summed E-state index contributed by atoms with van der Waals surface area (Å²) >= 11 is 0. The molecule has 2 aromatic carbocycles. The molecule has 0 radical (unpaired) electrons. The minimum atomic E-state index is 0.0135. The van der Waals surface area contributed by atoms with Crippen molar-refractivity contribution in [2.75, 3.05) is 30.5 Å². The topological polar surface area (TPSA) is 125 Å². The lowest BCUT2D eigenvalue weighted by Crippen LogP contribution is -2.23. The first-order valence-electron chi connectivity index (χ1n) is 10.1. The maximum Gasteiger partial charge on any atom is 0.227 e. The number of ether oxygens (including phenoxy) is 2. The van der Waals surface area contributed by atoms with Gasteiger partial charge in [-0.15, -0.1) is 0 Å². The number of nitrogens with zero attached hydrogens (tertiary/aromatic N) is 5. The number of aromatic nitrogens is 4. The number of anilines is 3. The second-order valence-electron chi connectivity index (χ2n) is 7.37. The Morgan fingerprint density at radius 1 is 0.938 bits per heavy atom. The Morgan fingerprint density at radius 2 is 1.62 bits per heavy atom. The van der Waals surface area contributed by atoms with E-state index in [1.54, 1.807) is 13.3 Å². The zero-order valence-corrected chi connectivity index (χ0v) is 18.2. The van der Waals surface area contributed by atoms with Crippen LogP contribution in [0.25, 0.3) is 11.0 Å². The molecule has 1 atom stereocenters. The van der Waals surface area contributed by atoms with E-state index in [-0.39, 0.29) is 17.8 Å². The van der Waals surface area contributed by atoms with E-state index in [9.17, 15) is 0 Å². The van der Waals surface area contributed by atoms with Crippen LogP contribution in [0.5, 0.6) is 11.5 Å². The predicted molar refractivity (Wildman–Crippen MR) is 125 cm³/mol. The van der Waals surface area contributed by atoms with Gasteiger partial charge in [0.15, 0.2) is 5.65 Å². The molecule has 0 saturated carbocycles. The van der Waals surface area contributed by atoms with Crippen molar-refractivity contribution in [3.63, 3.8) is 0 Å². The maximum absolute atomic E-state index is 5.90. The van der Waals surface area contributed by atoms with Crippen LogP contribution in [-0.4, -0.2) is 34.1 Å². The zero-order valence-electron chi connectivity index (χ0n) is 18.2. The fraction of sp³-hybridized carbons (Fsp3) is 0.217. The van der Waals surface area contributed by atoms with Crippen LogP contribution in [0.1, 0.15) is 24.1 Å². The number of benzene rings is 2. The smallest absolute Gasteiger partial charge is 0.227 e. The van der Waals surface area contributed by atoms with Gasteiger partial charge < -0.3 is 25.8 Å². The molecule has 0 bridgehead atoms. The third kappa shape index (κ3) is 4.46. The molecule has 9 nitrogen and oxygen atoms in total. The molecule has 2 heterocycles. The van der Waals surface area contributed by atoms with E-state index in [1.807, 2.05) is 60.5 Å². The van der Waals surface area contributed by atoms with Crippen molar-refractivity contribution in [2.45, 2.75) is 19.6 Å². The Hall–Kier alpha value is -4.14. The Labute approximate surface area is 186 Å². The van der Waals surface area contributed by atoms with Gasteiger partial charge in [0.05, 0.1) is 18.5 Å².